The van der Waals surface area contributed by atoms with Gasteiger partial charge in [0.15, 0.2) is 6.10 Å². The summed E-state index contributed by atoms with van der Waals surface area (Å²) in [5, 5.41) is 9.78. The maximum Gasteiger partial charge on any atom is 0.361 e. The van der Waals surface area contributed by atoms with E-state index in [4.69, 9.17) is 18.9 Å². The molecule has 0 aliphatic carbocycles. The Morgan fingerprint density at radius 1 is 0.297 bits per heavy atom. The van der Waals surface area contributed by atoms with Crippen LogP contribution < -0.4 is 0 Å². The van der Waals surface area contributed by atoms with Crippen molar-refractivity contribution in [3.63, 3.8) is 0 Å². The van der Waals surface area contributed by atoms with Gasteiger partial charge in [-0.15, -0.1) is 0 Å². The highest BCUT2D eigenvalue weighted by Crippen LogP contribution is 2.18. The summed E-state index contributed by atoms with van der Waals surface area (Å²) in [5.41, 5.74) is 0. The van der Waals surface area contributed by atoms with Crippen LogP contribution in [0.1, 0.15) is 322 Å². The summed E-state index contributed by atoms with van der Waals surface area (Å²) in [7, 11) is 5.98. The Morgan fingerprint density at radius 2 is 0.535 bits per heavy atom. The first-order chi connectivity index (χ1) is 49.6. The van der Waals surface area contributed by atoms with E-state index in [0.717, 1.165) is 135 Å². The molecule has 0 saturated heterocycles. The third kappa shape index (κ3) is 81.6. The van der Waals surface area contributed by atoms with Crippen molar-refractivity contribution in [2.45, 2.75) is 334 Å². The number of hydrogen-bond acceptors (Lipinski definition) is 7. The van der Waals surface area contributed by atoms with Crippen LogP contribution in [0.3, 0.4) is 0 Å². The van der Waals surface area contributed by atoms with Gasteiger partial charge >= 0.3 is 17.9 Å². The Kier molecular flexibility index (Phi) is 75.6. The number of esters is 2. The molecular formula is C92H152NO8+. The van der Waals surface area contributed by atoms with Gasteiger partial charge in [-0.1, -0.05) is 357 Å². The van der Waals surface area contributed by atoms with E-state index in [0.29, 0.717) is 23.9 Å². The number of nitrogens with zero attached hydrogens (tertiary/aromatic N) is 1. The lowest BCUT2D eigenvalue weighted by Gasteiger charge is -2.25. The number of carboxylic acid groups (broad SMARTS) is 1. The van der Waals surface area contributed by atoms with Gasteiger partial charge in [0.2, 0.25) is 0 Å². The van der Waals surface area contributed by atoms with Crippen molar-refractivity contribution >= 4 is 17.9 Å². The van der Waals surface area contributed by atoms with Crippen LogP contribution in [0.25, 0.3) is 0 Å². The van der Waals surface area contributed by atoms with E-state index >= 15 is 0 Å². The monoisotopic (exact) mass is 1400 g/mol. The Balaban J connectivity index is 4.07. The summed E-state index contributed by atoms with van der Waals surface area (Å²) in [6.07, 6.45) is 119. The molecule has 572 valence electrons. The highest BCUT2D eigenvalue weighted by Gasteiger charge is 2.25. The van der Waals surface area contributed by atoms with Gasteiger partial charge in [-0.3, -0.25) is 9.59 Å². The molecule has 9 heteroatoms. The molecule has 1 N–H and O–H groups in total. The fraction of sp³-hybridized carbons (Fsp3) is 0.641. The quantitative estimate of drug-likeness (QED) is 0.0211. The zero-order valence-corrected chi connectivity index (χ0v) is 65.5. The predicted molar refractivity (Wildman–Crippen MR) is 437 cm³/mol. The molecule has 9 nitrogen and oxygen atoms in total. The van der Waals surface area contributed by atoms with Crippen LogP contribution in [0.15, 0.2) is 182 Å². The maximum atomic E-state index is 13.0. The van der Waals surface area contributed by atoms with Crippen LogP contribution in [0, 0.1) is 0 Å². The van der Waals surface area contributed by atoms with Gasteiger partial charge in [-0.2, -0.15) is 0 Å². The molecule has 0 amide bonds. The molecule has 2 unspecified atom stereocenters. The van der Waals surface area contributed by atoms with Gasteiger partial charge in [-0.05, 0) is 135 Å². The number of rotatable bonds is 74. The molecule has 0 aromatic carbocycles. The lowest BCUT2D eigenvalue weighted by molar-refractivity contribution is -0.870. The van der Waals surface area contributed by atoms with Crippen molar-refractivity contribution in [2.75, 3.05) is 47.5 Å². The van der Waals surface area contributed by atoms with Gasteiger partial charge in [0.1, 0.15) is 13.2 Å². The fourth-order valence-electron chi connectivity index (χ4n) is 11.0. The molecule has 0 aliphatic rings. The Hall–Kier alpha value is -5.61. The van der Waals surface area contributed by atoms with E-state index in [1.54, 1.807) is 0 Å². The third-order valence-electron chi connectivity index (χ3n) is 17.2. The van der Waals surface area contributed by atoms with E-state index in [1.807, 2.05) is 21.1 Å². The normalized spacial score (nSPS) is 13.6. The minimum Gasteiger partial charge on any atom is -0.477 e. The first-order valence-electron chi connectivity index (χ1n) is 40.9. The number of aliphatic carboxylic acids is 1. The zero-order valence-electron chi connectivity index (χ0n) is 65.5. The SMILES string of the molecule is CC/C=C\C/C=C\C/C=C\C/C=C\C/C=C\C/C=C\C/C=C\C/C=C\C/C=C\CCCCCCCCCCCCCCCC(=O)OC(COC(=O)CCCCCCCCCCCCCCCCCC/C=C\C/C=C\C/C=C\C/C=C\C/C=C\C/C=C\CC)COC(OCC[N+](C)(C)C)C(=O)O. The number of unbranched alkanes of at least 4 members (excludes halogenated alkanes) is 29. The van der Waals surface area contributed by atoms with Crippen LogP contribution in [0.4, 0.5) is 0 Å². The molecule has 0 bridgehead atoms. The molecule has 101 heavy (non-hydrogen) atoms. The number of hydrogen-bond donors (Lipinski definition) is 1. The lowest BCUT2D eigenvalue weighted by atomic mass is 10.0. The van der Waals surface area contributed by atoms with Gasteiger partial charge in [0, 0.05) is 12.8 Å². The second-order valence-electron chi connectivity index (χ2n) is 28.0. The van der Waals surface area contributed by atoms with E-state index < -0.39 is 24.3 Å². The fourth-order valence-corrected chi connectivity index (χ4v) is 11.0. The summed E-state index contributed by atoms with van der Waals surface area (Å²) < 4.78 is 23.1. The molecule has 0 heterocycles. The van der Waals surface area contributed by atoms with Crippen molar-refractivity contribution in [2.24, 2.45) is 0 Å². The molecule has 2 atom stereocenters. The molecule has 0 aromatic heterocycles. The highest BCUT2D eigenvalue weighted by atomic mass is 16.7. The van der Waals surface area contributed by atoms with Gasteiger partial charge in [0.25, 0.3) is 6.29 Å². The van der Waals surface area contributed by atoms with Crippen molar-refractivity contribution in [1.29, 1.82) is 0 Å². The molecule has 0 radical (unpaired) electrons. The minimum atomic E-state index is -1.52. The van der Waals surface area contributed by atoms with Crippen LogP contribution in [0.5, 0.6) is 0 Å². The van der Waals surface area contributed by atoms with E-state index in [9.17, 15) is 19.5 Å². The van der Waals surface area contributed by atoms with Gasteiger partial charge in [-0.25, -0.2) is 4.79 Å². The number of carbonyl (C=O) groups excluding carboxylic acids is 2. The van der Waals surface area contributed by atoms with E-state index in [1.165, 1.54) is 154 Å². The Bertz CT molecular complexity index is 2330. The van der Waals surface area contributed by atoms with Crippen molar-refractivity contribution < 1.29 is 42.9 Å². The van der Waals surface area contributed by atoms with Crippen LogP contribution in [0.2, 0.25) is 0 Å². The zero-order chi connectivity index (χ0) is 73.2. The van der Waals surface area contributed by atoms with Crippen LogP contribution in [-0.4, -0.2) is 87.4 Å². The summed E-state index contributed by atoms with van der Waals surface area (Å²) in [6, 6.07) is 0. The topological polar surface area (TPSA) is 108 Å². The first kappa shape index (κ1) is 95.4. The predicted octanol–water partition coefficient (Wildman–Crippen LogP) is 26.7. The number of likely N-dealkylation sites (N-methyl/N-ethyl adjacent to an activating group) is 1. The summed E-state index contributed by atoms with van der Waals surface area (Å²) >= 11 is 0. The Morgan fingerprint density at radius 3 is 0.792 bits per heavy atom. The molecule has 0 saturated carbocycles. The standard InChI is InChI=1S/C92H151NO8/c1-6-8-10-12-14-16-18-20-22-24-26-28-30-32-34-36-38-40-42-43-44-45-46-47-49-51-53-55-57-59-61-63-65-67-69-71-73-75-77-79-81-83-90(95)101-88(87-100-92(91(96)97)98-85-84-93(3,4)5)86-99-89(94)82-80-78-76-74-72-70-68-66-64-62-60-58-56-54-52-50-48-41-39-37-35-33-31-29-27-25-23-21-19-17-15-13-11-9-7-2/h8-11,14-17,20-23,26-29,32-35,38-41,43-44,46-47,51,53,88,92H,6-7,12-13,18-19,24-25,30-31,36-37,42,45,48-50,52,54-87H2,1-5H3/p+1/b10-8-,11-9-,16-14-,17-15-,22-20-,23-21-,28-26-,29-27-,34-32-,35-33-,40-38-,41-39-,44-43-,47-46-,53-51-. The van der Waals surface area contributed by atoms with Crippen LogP contribution >= 0.6 is 0 Å². The highest BCUT2D eigenvalue weighted by molar-refractivity contribution is 5.71. The number of allylic oxidation sites excluding steroid dienone is 30. The summed E-state index contributed by atoms with van der Waals surface area (Å²) in [6.45, 7) is 4.66. The van der Waals surface area contributed by atoms with Crippen molar-refractivity contribution in [1.82, 2.24) is 0 Å². The molecule has 0 rings (SSSR count). The third-order valence-corrected chi connectivity index (χ3v) is 17.2. The minimum absolute atomic E-state index is 0.181. The lowest BCUT2D eigenvalue weighted by Crippen LogP contribution is -2.40. The molecular weight excluding hydrogens is 1250 g/mol. The van der Waals surface area contributed by atoms with E-state index in [-0.39, 0.29) is 32.2 Å². The largest absolute Gasteiger partial charge is 0.477 e. The number of carbonyl (C=O) groups is 3. The number of ether oxygens (including phenoxy) is 4. The van der Waals surface area contributed by atoms with Gasteiger partial charge < -0.3 is 28.5 Å². The van der Waals surface area contributed by atoms with E-state index in [2.05, 4.69) is 196 Å². The second kappa shape index (κ2) is 80.1. The smallest absolute Gasteiger partial charge is 0.361 e. The first-order valence-corrected chi connectivity index (χ1v) is 40.9. The van der Waals surface area contributed by atoms with Crippen LogP contribution in [-0.2, 0) is 33.3 Å². The summed E-state index contributed by atoms with van der Waals surface area (Å²) in [5.74, 6) is -2.01. The second-order valence-corrected chi connectivity index (χ2v) is 28.0. The Labute approximate surface area is 621 Å². The van der Waals surface area contributed by atoms with Crippen molar-refractivity contribution in [3.8, 4) is 0 Å². The molecule has 0 fully saturated rings. The number of quaternary nitrogens is 1. The molecule has 0 spiro atoms. The maximum absolute atomic E-state index is 13.0. The number of carboxylic acids is 1. The summed E-state index contributed by atoms with van der Waals surface area (Å²) in [4.78, 5) is 37.8. The molecule has 0 aliphatic heterocycles. The van der Waals surface area contributed by atoms with Crippen molar-refractivity contribution in [3.05, 3.63) is 182 Å². The average Bonchev–Trinajstić information content (AvgIpc) is 1.21. The van der Waals surface area contributed by atoms with Gasteiger partial charge in [0.05, 0.1) is 34.4 Å². The molecule has 0 aromatic rings. The average molecular weight is 1400 g/mol.